The van der Waals surface area contributed by atoms with Crippen molar-refractivity contribution < 1.29 is 59.3 Å². The molecule has 15 nitrogen and oxygen atoms in total. The Morgan fingerprint density at radius 1 is 0.452 bits per heavy atom. The lowest BCUT2D eigenvalue weighted by Gasteiger charge is -2.24. The Labute approximate surface area is 618 Å². The summed E-state index contributed by atoms with van der Waals surface area (Å²) in [5, 5.41) is 71.0. The first-order valence-electron chi connectivity index (χ1n) is 37.5. The number of aromatic nitrogens is 2. The second-order valence-corrected chi connectivity index (χ2v) is 31.0. The number of hydrogen-bond acceptors (Lipinski definition) is 17. The van der Waals surface area contributed by atoms with Gasteiger partial charge < -0.3 is 45.8 Å². The number of pyridine rings is 2. The average molecular weight is 1440 g/mol. The molecule has 0 saturated heterocycles. The number of ether oxygens (including phenoxy) is 2. The van der Waals surface area contributed by atoms with E-state index in [9.17, 15) is 49.8 Å². The molecule has 548 valence electrons. The number of nitrogens with zero attached hydrogens (tertiary/aromatic N) is 2. The first-order chi connectivity index (χ1) is 50.6. The van der Waals surface area contributed by atoms with Gasteiger partial charge in [-0.05, 0) is 186 Å². The number of carbonyl (C=O) groups is 4. The van der Waals surface area contributed by atoms with E-state index in [1.165, 1.54) is 0 Å². The van der Waals surface area contributed by atoms with Crippen molar-refractivity contribution in [1.29, 1.82) is 0 Å². The van der Waals surface area contributed by atoms with Crippen molar-refractivity contribution >= 4 is 87.9 Å². The van der Waals surface area contributed by atoms with Gasteiger partial charge in [0, 0.05) is 92.9 Å². The minimum atomic E-state index is -0.577. The van der Waals surface area contributed by atoms with Crippen molar-refractivity contribution in [3.05, 3.63) is 226 Å². The van der Waals surface area contributed by atoms with Crippen LogP contribution in [0.25, 0.3) is 41.7 Å². The van der Waals surface area contributed by atoms with Crippen molar-refractivity contribution in [2.45, 2.75) is 203 Å². The summed E-state index contributed by atoms with van der Waals surface area (Å²) in [5.41, 5.74) is 11.6. The van der Waals surface area contributed by atoms with Gasteiger partial charge in [0.25, 0.3) is 0 Å². The second-order valence-electron chi connectivity index (χ2n) is 28.8. The van der Waals surface area contributed by atoms with E-state index < -0.39 is 42.5 Å². The summed E-state index contributed by atoms with van der Waals surface area (Å²) in [6.45, 7) is 2.63. The van der Waals surface area contributed by atoms with E-state index in [2.05, 4.69) is 46.4 Å². The zero-order valence-corrected chi connectivity index (χ0v) is 61.3. The third kappa shape index (κ3) is 21.2. The highest BCUT2D eigenvalue weighted by Crippen LogP contribution is 2.43. The first-order valence-corrected chi connectivity index (χ1v) is 39.2. The summed E-state index contributed by atoms with van der Waals surface area (Å²) >= 11 is 3.22. The van der Waals surface area contributed by atoms with E-state index in [-0.39, 0.29) is 72.9 Å². The number of aliphatic hydroxyl groups excluding tert-OH is 6. The SMILES string of the molecule is CCC(C(=O)Cc1ccc2cnccc2c1)c1ccc(COC(=O)CCCCCCC2[C@@H](CC[C@@H](O)c3cc4ccccc4s3)[C@H](O)C[C@@H]2O)cc1.NCC(C(=O)Cc1ccc2cnccc2c1)c1ccc(COC(=O)CCCCCCC2[C@@H](CC[C@@H](O)c3cc4ccccc4s3)[C@H](O)C[C@@H]2O)cc1. The predicted octanol–water partition coefficient (Wildman–Crippen LogP) is 16.6. The molecular formula is C87H101N3O12S2. The summed E-state index contributed by atoms with van der Waals surface area (Å²) in [6.07, 6.45) is 17.8. The molecule has 8 N–H and O–H groups in total. The number of rotatable bonds is 36. The number of hydrogen-bond donors (Lipinski definition) is 7. The maximum Gasteiger partial charge on any atom is 0.306 e. The minimum Gasteiger partial charge on any atom is -0.461 e. The molecule has 0 radical (unpaired) electrons. The molecule has 2 aliphatic rings. The highest BCUT2D eigenvalue weighted by atomic mass is 32.1. The molecule has 10 aromatic rings. The van der Waals surface area contributed by atoms with Crippen LogP contribution in [-0.2, 0) is 54.7 Å². The number of Topliss-reactive ketones (excluding diaryl/α,β-unsaturated/α-hetero) is 2. The molecule has 4 aromatic heterocycles. The van der Waals surface area contributed by atoms with Crippen molar-refractivity contribution in [2.75, 3.05) is 6.54 Å². The highest BCUT2D eigenvalue weighted by molar-refractivity contribution is 7.19. The van der Waals surface area contributed by atoms with Gasteiger partial charge in [0.15, 0.2) is 0 Å². The van der Waals surface area contributed by atoms with Crippen LogP contribution in [0.4, 0.5) is 0 Å². The number of esters is 2. The summed E-state index contributed by atoms with van der Waals surface area (Å²) in [6, 6.07) is 51.6. The minimum absolute atomic E-state index is 0.0155. The molecule has 0 spiro atoms. The third-order valence-electron chi connectivity index (χ3n) is 21.6. The smallest absolute Gasteiger partial charge is 0.306 e. The lowest BCUT2D eigenvalue weighted by Crippen LogP contribution is -2.23. The Morgan fingerprint density at radius 2 is 0.846 bits per heavy atom. The molecular weight excluding hydrogens is 1340 g/mol. The molecule has 2 fully saturated rings. The van der Waals surface area contributed by atoms with Crippen molar-refractivity contribution in [3.63, 3.8) is 0 Å². The lowest BCUT2D eigenvalue weighted by atomic mass is 9.84. The number of unbranched alkanes of at least 4 members (excludes halogenated alkanes) is 6. The molecule has 4 heterocycles. The van der Waals surface area contributed by atoms with Gasteiger partial charge in [-0.2, -0.15) is 0 Å². The van der Waals surface area contributed by atoms with Gasteiger partial charge in [0.05, 0.1) is 42.5 Å². The van der Waals surface area contributed by atoms with Crippen LogP contribution in [0.1, 0.15) is 196 Å². The number of aliphatic hydroxyl groups is 6. The second kappa shape index (κ2) is 38.4. The van der Waals surface area contributed by atoms with E-state index >= 15 is 0 Å². The predicted molar refractivity (Wildman–Crippen MR) is 413 cm³/mol. The van der Waals surface area contributed by atoms with E-state index in [1.54, 1.807) is 41.3 Å². The molecule has 0 aliphatic heterocycles. The Balaban J connectivity index is 0.000000208. The Morgan fingerprint density at radius 3 is 1.27 bits per heavy atom. The van der Waals surface area contributed by atoms with Crippen LogP contribution in [0, 0.1) is 23.7 Å². The largest absolute Gasteiger partial charge is 0.461 e. The van der Waals surface area contributed by atoms with Crippen LogP contribution >= 0.6 is 22.7 Å². The number of thiophene rings is 2. The van der Waals surface area contributed by atoms with Gasteiger partial charge in [-0.3, -0.25) is 29.1 Å². The van der Waals surface area contributed by atoms with Crippen molar-refractivity contribution in [1.82, 2.24) is 9.97 Å². The normalized spacial score (nSPS) is 19.9. The van der Waals surface area contributed by atoms with E-state index in [1.807, 2.05) is 134 Å². The topological polar surface area (TPSA) is 260 Å². The fourth-order valence-corrected chi connectivity index (χ4v) is 17.9. The zero-order chi connectivity index (χ0) is 72.9. The molecule has 12 rings (SSSR count). The molecule has 6 aromatic carbocycles. The maximum atomic E-state index is 13.3. The monoisotopic (exact) mass is 1440 g/mol. The van der Waals surface area contributed by atoms with Crippen LogP contribution in [0.2, 0.25) is 0 Å². The average Bonchev–Trinajstić information content (AvgIpc) is 1.56. The summed E-state index contributed by atoms with van der Waals surface area (Å²) in [5.74, 6) is -0.831. The van der Waals surface area contributed by atoms with Gasteiger partial charge >= 0.3 is 11.9 Å². The molecule has 2 saturated carbocycles. The molecule has 2 aliphatic carbocycles. The number of fused-ring (bicyclic) bond motifs is 4. The maximum absolute atomic E-state index is 13.3. The summed E-state index contributed by atoms with van der Waals surface area (Å²) < 4.78 is 13.4. The Hall–Kier alpha value is -7.94. The molecule has 4 unspecified atom stereocenters. The number of ketones is 2. The van der Waals surface area contributed by atoms with Gasteiger partial charge in [0.2, 0.25) is 0 Å². The van der Waals surface area contributed by atoms with Crippen LogP contribution in [0.3, 0.4) is 0 Å². The lowest BCUT2D eigenvalue weighted by molar-refractivity contribution is -0.146. The summed E-state index contributed by atoms with van der Waals surface area (Å²) in [7, 11) is 0. The number of nitrogens with two attached hydrogens (primary N) is 1. The quantitative estimate of drug-likeness (QED) is 0.0142. The van der Waals surface area contributed by atoms with E-state index in [4.69, 9.17) is 15.2 Å². The summed E-state index contributed by atoms with van der Waals surface area (Å²) in [4.78, 5) is 61.6. The molecule has 12 atom stereocenters. The molecule has 0 amide bonds. The van der Waals surface area contributed by atoms with Crippen LogP contribution in [0.15, 0.2) is 183 Å². The first kappa shape index (κ1) is 77.2. The van der Waals surface area contributed by atoms with Gasteiger partial charge in [0.1, 0.15) is 24.8 Å². The molecule has 17 heteroatoms. The number of benzene rings is 6. The van der Waals surface area contributed by atoms with Crippen LogP contribution in [0.5, 0.6) is 0 Å². The number of carbonyl (C=O) groups excluding carboxylic acids is 4. The molecule has 0 bridgehead atoms. The highest BCUT2D eigenvalue weighted by Gasteiger charge is 2.42. The standard InChI is InChI=1S/C44H51NO6S.C43H50N2O6S/c1-2-35(39(47)24-30-15-18-34-27-45-22-21-32(34)23-30)31-16-13-29(14-17-31)28-51-44(50)12-6-4-3-5-10-36-37(41(49)26-40(36)48)19-20-38(46)43-25-33-9-7-8-11-42(33)52-43;44-25-36(38(47)22-29-13-16-33-26-45-20-19-31(33)21-29)30-14-11-28(12-15-30)27-51-43(50)10-4-2-1-3-8-34-35(40(49)24-39(34)48)17-18-37(46)42-23-32-7-5-6-9-41(32)52-42/h7-9,11,13-18,21-23,25,27,35-38,40-41,46,48-49H,2-6,10,12,19-20,24,26,28H2,1H3;5-7,9,11-16,19-21,23,26,34-37,39-40,46,48-49H,1-4,8,10,17-18,22,24-25,27,44H2/t35?,36?,37-,38-,40+,41-;34?,35-,36?,37-,39+,40-/m11/s1. The Bertz CT molecular complexity index is 4060. The molecule has 104 heavy (non-hydrogen) atoms. The van der Waals surface area contributed by atoms with E-state index in [0.717, 1.165) is 149 Å². The van der Waals surface area contributed by atoms with Crippen LogP contribution < -0.4 is 5.73 Å². The third-order valence-corrected chi connectivity index (χ3v) is 24.1. The van der Waals surface area contributed by atoms with Crippen LogP contribution in [-0.4, -0.2) is 95.1 Å². The Kier molecular flexibility index (Phi) is 28.5. The van der Waals surface area contributed by atoms with Gasteiger partial charge in [-0.1, -0.05) is 167 Å². The van der Waals surface area contributed by atoms with Gasteiger partial charge in [-0.25, -0.2) is 0 Å². The van der Waals surface area contributed by atoms with Gasteiger partial charge in [-0.15, -0.1) is 22.7 Å². The van der Waals surface area contributed by atoms with Crippen molar-refractivity contribution in [3.8, 4) is 0 Å². The van der Waals surface area contributed by atoms with Crippen molar-refractivity contribution in [2.24, 2.45) is 29.4 Å². The fraction of sp³-hybridized carbons (Fsp3) is 0.425. The van der Waals surface area contributed by atoms with E-state index in [0.29, 0.717) is 70.6 Å². The fourth-order valence-electron chi connectivity index (χ4n) is 15.7. The zero-order valence-electron chi connectivity index (χ0n) is 59.6.